The molecule has 0 radical (unpaired) electrons. The number of nitrogens with zero attached hydrogens (tertiary/aromatic N) is 2. The highest BCUT2D eigenvalue weighted by molar-refractivity contribution is 8.18. The summed E-state index contributed by atoms with van der Waals surface area (Å²) in [5.41, 5.74) is 0.879. The molecular weight excluding hydrogens is 328 g/mol. The van der Waals surface area contributed by atoms with Crippen LogP contribution >= 0.6 is 11.8 Å². The number of thioether (sulfide) groups is 1. The summed E-state index contributed by atoms with van der Waals surface area (Å²) in [5.74, 6) is 1.14. The van der Waals surface area contributed by atoms with Gasteiger partial charge in [0.15, 0.2) is 16.7 Å². The largest absolute Gasteiger partial charge is 0.493 e. The van der Waals surface area contributed by atoms with Crippen LogP contribution in [0.5, 0.6) is 11.5 Å². The normalized spacial score (nSPS) is 19.6. The number of amides is 1. The van der Waals surface area contributed by atoms with Gasteiger partial charge in [-0.25, -0.2) is 0 Å². The first kappa shape index (κ1) is 16.9. The first-order valence-electron chi connectivity index (χ1n) is 7.87. The Balaban J connectivity index is 1.76. The zero-order valence-electron chi connectivity index (χ0n) is 13.8. The number of rotatable bonds is 4. The standard InChI is InChI=1S/C17H20N2O4S/c1-3-23-13-5-4-12(10-14(13)21-2)11-15-16(20)18-17(24-15)19-6-8-22-9-7-19/h4-5,10-11H,3,6-9H2,1-2H3/b15-11+. The highest BCUT2D eigenvalue weighted by Crippen LogP contribution is 2.33. The van der Waals surface area contributed by atoms with Crippen molar-refractivity contribution >= 4 is 28.9 Å². The summed E-state index contributed by atoms with van der Waals surface area (Å²) in [6.45, 7) is 5.37. The first-order chi connectivity index (χ1) is 11.7. The summed E-state index contributed by atoms with van der Waals surface area (Å²) in [4.78, 5) is 19.0. The van der Waals surface area contributed by atoms with Crippen molar-refractivity contribution in [2.75, 3.05) is 40.0 Å². The number of morpholine rings is 1. The van der Waals surface area contributed by atoms with Gasteiger partial charge in [-0.15, -0.1) is 0 Å². The van der Waals surface area contributed by atoms with Crippen LogP contribution in [0.3, 0.4) is 0 Å². The second kappa shape index (κ2) is 7.72. The van der Waals surface area contributed by atoms with E-state index in [2.05, 4.69) is 9.89 Å². The van der Waals surface area contributed by atoms with Gasteiger partial charge in [0.25, 0.3) is 5.91 Å². The van der Waals surface area contributed by atoms with E-state index in [0.717, 1.165) is 23.8 Å². The summed E-state index contributed by atoms with van der Waals surface area (Å²) in [5, 5.41) is 0.757. The smallest absolute Gasteiger partial charge is 0.286 e. The maximum Gasteiger partial charge on any atom is 0.286 e. The van der Waals surface area contributed by atoms with Crippen LogP contribution in [-0.4, -0.2) is 56.0 Å². The van der Waals surface area contributed by atoms with Gasteiger partial charge in [-0.1, -0.05) is 6.07 Å². The zero-order chi connectivity index (χ0) is 16.9. The molecular formula is C17H20N2O4S. The summed E-state index contributed by atoms with van der Waals surface area (Å²) in [6.07, 6.45) is 1.84. The summed E-state index contributed by atoms with van der Waals surface area (Å²) in [7, 11) is 1.60. The number of aliphatic imine (C=N–C) groups is 1. The van der Waals surface area contributed by atoms with Crippen LogP contribution < -0.4 is 9.47 Å². The second-order valence-electron chi connectivity index (χ2n) is 5.25. The van der Waals surface area contributed by atoms with E-state index in [-0.39, 0.29) is 5.91 Å². The van der Waals surface area contributed by atoms with Gasteiger partial charge in [0.05, 0.1) is 31.8 Å². The van der Waals surface area contributed by atoms with Crippen molar-refractivity contribution in [3.05, 3.63) is 28.7 Å². The van der Waals surface area contributed by atoms with E-state index in [1.807, 2.05) is 31.2 Å². The second-order valence-corrected chi connectivity index (χ2v) is 6.26. The number of methoxy groups -OCH3 is 1. The predicted octanol–water partition coefficient (Wildman–Crippen LogP) is 2.40. The SMILES string of the molecule is CCOc1ccc(/C=C2/SC(N3CCOCC3)=NC2=O)cc1OC. The molecule has 0 spiro atoms. The van der Waals surface area contributed by atoms with E-state index in [1.165, 1.54) is 11.8 Å². The molecule has 0 bridgehead atoms. The lowest BCUT2D eigenvalue weighted by molar-refractivity contribution is -0.113. The third kappa shape index (κ3) is 3.73. The molecule has 2 aliphatic heterocycles. The molecule has 0 unspecified atom stereocenters. The molecule has 1 fully saturated rings. The van der Waals surface area contributed by atoms with Gasteiger partial charge in [-0.3, -0.25) is 4.79 Å². The Morgan fingerprint density at radius 3 is 2.83 bits per heavy atom. The van der Waals surface area contributed by atoms with E-state index in [9.17, 15) is 4.79 Å². The topological polar surface area (TPSA) is 60.4 Å². The highest BCUT2D eigenvalue weighted by Gasteiger charge is 2.27. The Bertz CT molecular complexity index is 681. The molecule has 0 aliphatic carbocycles. The Hall–Kier alpha value is -1.99. The van der Waals surface area contributed by atoms with Gasteiger partial charge < -0.3 is 19.1 Å². The van der Waals surface area contributed by atoms with Crippen LogP contribution in [0.25, 0.3) is 6.08 Å². The van der Waals surface area contributed by atoms with Gasteiger partial charge in [0.2, 0.25) is 0 Å². The lowest BCUT2D eigenvalue weighted by Crippen LogP contribution is -2.38. The quantitative estimate of drug-likeness (QED) is 0.779. The van der Waals surface area contributed by atoms with Crippen LogP contribution in [0.15, 0.2) is 28.1 Å². The molecule has 1 aromatic carbocycles. The van der Waals surface area contributed by atoms with E-state index in [0.29, 0.717) is 36.2 Å². The van der Waals surface area contributed by atoms with Gasteiger partial charge in [0.1, 0.15) is 0 Å². The van der Waals surface area contributed by atoms with Gasteiger partial charge >= 0.3 is 0 Å². The molecule has 24 heavy (non-hydrogen) atoms. The van der Waals surface area contributed by atoms with Crippen molar-refractivity contribution in [2.45, 2.75) is 6.92 Å². The minimum Gasteiger partial charge on any atom is -0.493 e. The average Bonchev–Trinajstić information content (AvgIpc) is 2.98. The molecule has 128 valence electrons. The molecule has 0 aromatic heterocycles. The molecule has 2 heterocycles. The number of ether oxygens (including phenoxy) is 3. The molecule has 6 nitrogen and oxygen atoms in total. The molecule has 2 aliphatic rings. The fourth-order valence-electron chi connectivity index (χ4n) is 2.49. The van der Waals surface area contributed by atoms with Crippen LogP contribution in [0.4, 0.5) is 0 Å². The predicted molar refractivity (Wildman–Crippen MR) is 94.6 cm³/mol. The van der Waals surface area contributed by atoms with E-state index < -0.39 is 0 Å². The Labute approximate surface area is 145 Å². The van der Waals surface area contributed by atoms with E-state index in [4.69, 9.17) is 14.2 Å². The van der Waals surface area contributed by atoms with Gasteiger partial charge in [-0.2, -0.15) is 4.99 Å². The van der Waals surface area contributed by atoms with Gasteiger partial charge in [-0.05, 0) is 42.5 Å². The molecule has 0 atom stereocenters. The van der Waals surface area contributed by atoms with E-state index in [1.54, 1.807) is 7.11 Å². The third-order valence-corrected chi connectivity index (χ3v) is 4.72. The van der Waals surface area contributed by atoms with Crippen molar-refractivity contribution in [1.29, 1.82) is 0 Å². The fraction of sp³-hybridized carbons (Fsp3) is 0.412. The lowest BCUT2D eigenvalue weighted by atomic mass is 10.2. The van der Waals surface area contributed by atoms with Gasteiger partial charge in [0, 0.05) is 13.1 Å². The Morgan fingerprint density at radius 2 is 2.12 bits per heavy atom. The number of hydrogen-bond donors (Lipinski definition) is 0. The van der Waals surface area contributed by atoms with Crippen molar-refractivity contribution in [3.63, 3.8) is 0 Å². The van der Waals surface area contributed by atoms with Crippen molar-refractivity contribution in [3.8, 4) is 11.5 Å². The molecule has 1 amide bonds. The number of carbonyl (C=O) groups excluding carboxylic acids is 1. The summed E-state index contributed by atoms with van der Waals surface area (Å²) in [6, 6.07) is 5.61. The Morgan fingerprint density at radius 1 is 1.33 bits per heavy atom. The molecule has 1 aromatic rings. The monoisotopic (exact) mass is 348 g/mol. The van der Waals surface area contributed by atoms with E-state index >= 15 is 0 Å². The highest BCUT2D eigenvalue weighted by atomic mass is 32.2. The number of carbonyl (C=O) groups is 1. The van der Waals surface area contributed by atoms with Crippen LogP contribution in [0, 0.1) is 0 Å². The van der Waals surface area contributed by atoms with Crippen molar-refractivity contribution in [1.82, 2.24) is 4.90 Å². The molecule has 7 heteroatoms. The molecule has 3 rings (SSSR count). The summed E-state index contributed by atoms with van der Waals surface area (Å²) >= 11 is 1.41. The lowest BCUT2D eigenvalue weighted by Gasteiger charge is -2.27. The maximum absolute atomic E-state index is 12.2. The molecule has 0 saturated carbocycles. The fourth-order valence-corrected chi connectivity index (χ4v) is 3.45. The van der Waals surface area contributed by atoms with Crippen LogP contribution in [0.2, 0.25) is 0 Å². The van der Waals surface area contributed by atoms with Crippen molar-refractivity contribution in [2.24, 2.45) is 4.99 Å². The Kier molecular flexibility index (Phi) is 5.42. The minimum absolute atomic E-state index is 0.200. The number of benzene rings is 1. The van der Waals surface area contributed by atoms with Crippen molar-refractivity contribution < 1.29 is 19.0 Å². The first-order valence-corrected chi connectivity index (χ1v) is 8.69. The molecule has 0 N–H and O–H groups in total. The van der Waals surface area contributed by atoms with Crippen LogP contribution in [0.1, 0.15) is 12.5 Å². The maximum atomic E-state index is 12.2. The number of hydrogen-bond acceptors (Lipinski definition) is 6. The third-order valence-electron chi connectivity index (χ3n) is 3.68. The number of amidine groups is 1. The average molecular weight is 348 g/mol. The molecule has 1 saturated heterocycles. The van der Waals surface area contributed by atoms with Crippen LogP contribution in [-0.2, 0) is 9.53 Å². The summed E-state index contributed by atoms with van der Waals surface area (Å²) < 4.78 is 16.2. The zero-order valence-corrected chi connectivity index (χ0v) is 14.6. The minimum atomic E-state index is -0.200.